The Labute approximate surface area is 82.3 Å². The molecule has 0 saturated carbocycles. The molecular formula is C5H7ClO5P2. The van der Waals surface area contributed by atoms with Crippen molar-refractivity contribution in [2.45, 2.75) is 18.3 Å². The van der Waals surface area contributed by atoms with E-state index < -0.39 is 16.3 Å². The third-order valence-corrected chi connectivity index (χ3v) is 4.55. The highest BCUT2D eigenvalue weighted by Crippen LogP contribution is 2.59. The molecule has 0 radical (unpaired) electrons. The predicted octanol–water partition coefficient (Wildman–Crippen LogP) is 1.91. The molecule has 3 aliphatic rings. The Morgan fingerprint density at radius 2 is 1.69 bits per heavy atom. The van der Waals surface area contributed by atoms with Gasteiger partial charge in [0, 0.05) is 0 Å². The second-order valence-corrected chi connectivity index (χ2v) is 5.73. The number of halogens is 1. The van der Waals surface area contributed by atoms with Gasteiger partial charge in [-0.15, -0.1) is 0 Å². The average Bonchev–Trinajstić information content (AvgIpc) is 2.63. The molecule has 74 valence electrons. The molecule has 2 bridgehead atoms. The molecule has 3 rings (SSSR count). The fourth-order valence-corrected chi connectivity index (χ4v) is 4.07. The lowest BCUT2D eigenvalue weighted by Crippen LogP contribution is -2.37. The van der Waals surface area contributed by atoms with E-state index in [-0.39, 0.29) is 18.3 Å². The molecule has 5 atom stereocenters. The number of hydrogen-bond donors (Lipinski definition) is 0. The molecular weight excluding hydrogens is 237 g/mol. The van der Waals surface area contributed by atoms with Gasteiger partial charge in [-0.2, -0.15) is 0 Å². The van der Waals surface area contributed by atoms with Gasteiger partial charge in [0.25, 0.3) is 7.73 Å². The van der Waals surface area contributed by atoms with Crippen LogP contribution in [0.4, 0.5) is 0 Å². The topological polar surface area (TPSA) is 46.2 Å². The second-order valence-electron chi connectivity index (χ2n) is 2.89. The highest BCUT2D eigenvalue weighted by molar-refractivity contribution is 7.76. The zero-order chi connectivity index (χ0) is 8.84. The van der Waals surface area contributed by atoms with Crippen molar-refractivity contribution in [1.82, 2.24) is 0 Å². The van der Waals surface area contributed by atoms with E-state index >= 15 is 0 Å². The summed E-state index contributed by atoms with van der Waals surface area (Å²) in [6.45, 7) is 0.953. The van der Waals surface area contributed by atoms with E-state index in [0.29, 0.717) is 13.2 Å². The van der Waals surface area contributed by atoms with E-state index in [1.807, 2.05) is 0 Å². The highest BCUT2D eigenvalue weighted by Gasteiger charge is 2.49. The minimum absolute atomic E-state index is 0.0788. The van der Waals surface area contributed by atoms with Crippen LogP contribution in [0.3, 0.4) is 0 Å². The number of fused-ring (bicyclic) bond motifs is 4. The maximum Gasteiger partial charge on any atom is 0.333 e. The van der Waals surface area contributed by atoms with Crippen molar-refractivity contribution < 1.29 is 22.6 Å². The molecule has 3 aliphatic heterocycles. The van der Waals surface area contributed by atoms with Crippen molar-refractivity contribution in [2.24, 2.45) is 0 Å². The Bertz CT molecular complexity index is 217. The van der Waals surface area contributed by atoms with Gasteiger partial charge in [-0.3, -0.25) is 0 Å². The quantitative estimate of drug-likeness (QED) is 0.609. The Kier molecular flexibility index (Phi) is 2.48. The van der Waals surface area contributed by atoms with Crippen molar-refractivity contribution in [3.8, 4) is 0 Å². The zero-order valence-corrected chi connectivity index (χ0v) is 9.00. The average molecular weight is 245 g/mol. The van der Waals surface area contributed by atoms with Crippen molar-refractivity contribution in [2.75, 3.05) is 13.2 Å². The van der Waals surface area contributed by atoms with Gasteiger partial charge in [0.2, 0.25) is 0 Å². The lowest BCUT2D eigenvalue weighted by atomic mass is 10.1. The summed E-state index contributed by atoms with van der Waals surface area (Å²) in [5, 5.41) is 0. The molecule has 0 amide bonds. The van der Waals surface area contributed by atoms with E-state index in [4.69, 9.17) is 33.9 Å². The molecule has 8 heteroatoms. The summed E-state index contributed by atoms with van der Waals surface area (Å²) in [7, 11) is -2.43. The second kappa shape index (κ2) is 3.51. The van der Waals surface area contributed by atoms with Crippen LogP contribution in [-0.2, 0) is 22.6 Å². The van der Waals surface area contributed by atoms with Gasteiger partial charge >= 0.3 is 8.60 Å². The minimum atomic E-state index is -1.28. The van der Waals surface area contributed by atoms with Gasteiger partial charge in [0.1, 0.15) is 18.3 Å². The Morgan fingerprint density at radius 3 is 2.46 bits per heavy atom. The van der Waals surface area contributed by atoms with Gasteiger partial charge in [-0.25, -0.2) is 0 Å². The summed E-state index contributed by atoms with van der Waals surface area (Å²) in [6.07, 6.45) is -0.298. The molecule has 0 aromatic rings. The molecule has 0 aromatic heterocycles. The van der Waals surface area contributed by atoms with E-state index in [1.165, 1.54) is 0 Å². The minimum Gasteiger partial charge on any atom is -0.313 e. The molecule has 0 N–H and O–H groups in total. The Balaban J connectivity index is 1.80. The third-order valence-electron chi connectivity index (χ3n) is 2.07. The van der Waals surface area contributed by atoms with Crippen LogP contribution in [-0.4, -0.2) is 31.5 Å². The largest absolute Gasteiger partial charge is 0.333 e. The lowest BCUT2D eigenvalue weighted by molar-refractivity contribution is 0.0424. The van der Waals surface area contributed by atoms with Crippen LogP contribution in [0.15, 0.2) is 0 Å². The molecule has 3 heterocycles. The third kappa shape index (κ3) is 1.62. The van der Waals surface area contributed by atoms with Crippen LogP contribution < -0.4 is 0 Å². The molecule has 5 nitrogen and oxygen atoms in total. The smallest absolute Gasteiger partial charge is 0.313 e. The lowest BCUT2D eigenvalue weighted by Gasteiger charge is -2.16. The Hall–Kier alpha value is 0.950. The SMILES string of the molecule is ClP1OC2COP3OCC(O3)C2O1. The van der Waals surface area contributed by atoms with Crippen LogP contribution >= 0.6 is 27.6 Å². The van der Waals surface area contributed by atoms with E-state index in [0.717, 1.165) is 0 Å². The van der Waals surface area contributed by atoms with Gasteiger partial charge in [-0.1, -0.05) is 0 Å². The van der Waals surface area contributed by atoms with Crippen LogP contribution in [0.25, 0.3) is 0 Å². The first-order chi connectivity index (χ1) is 6.33. The summed E-state index contributed by atoms with van der Waals surface area (Å²) in [5.41, 5.74) is 0. The molecule has 0 spiro atoms. The molecule has 3 fully saturated rings. The fourth-order valence-electron chi connectivity index (χ4n) is 1.45. The highest BCUT2D eigenvalue weighted by atomic mass is 35.7. The maximum absolute atomic E-state index is 5.75. The van der Waals surface area contributed by atoms with Gasteiger partial charge in [0.05, 0.1) is 13.2 Å². The monoisotopic (exact) mass is 244 g/mol. The van der Waals surface area contributed by atoms with Crippen LogP contribution in [0.1, 0.15) is 0 Å². The summed E-state index contributed by atoms with van der Waals surface area (Å²) in [4.78, 5) is 0. The van der Waals surface area contributed by atoms with Crippen LogP contribution in [0, 0.1) is 0 Å². The summed E-state index contributed by atoms with van der Waals surface area (Å²) in [6, 6.07) is 0. The van der Waals surface area contributed by atoms with Crippen molar-refractivity contribution in [3.63, 3.8) is 0 Å². The van der Waals surface area contributed by atoms with Gasteiger partial charge in [-0.05, 0) is 11.2 Å². The molecule has 3 saturated heterocycles. The standard InChI is InChI=1S/C5H7ClO5P2/c6-12-9-3-1-7-13-8-2-4(10-13)5(3)11-12/h3-5H,1-2H2. The Morgan fingerprint density at radius 1 is 1.00 bits per heavy atom. The van der Waals surface area contributed by atoms with Crippen molar-refractivity contribution >= 4 is 27.6 Å². The van der Waals surface area contributed by atoms with Crippen molar-refractivity contribution in [1.29, 1.82) is 0 Å². The van der Waals surface area contributed by atoms with E-state index in [1.54, 1.807) is 0 Å². The summed E-state index contributed by atoms with van der Waals surface area (Å²) < 4.78 is 26.8. The molecule has 0 aliphatic carbocycles. The molecule has 5 unspecified atom stereocenters. The summed E-state index contributed by atoms with van der Waals surface area (Å²) >= 11 is 5.75. The predicted molar refractivity (Wildman–Crippen MR) is 46.2 cm³/mol. The number of hydrogen-bond acceptors (Lipinski definition) is 5. The first-order valence-electron chi connectivity index (χ1n) is 3.85. The first kappa shape index (κ1) is 9.20. The van der Waals surface area contributed by atoms with Gasteiger partial charge in [0.15, 0.2) is 0 Å². The molecule has 13 heavy (non-hydrogen) atoms. The fraction of sp³-hybridized carbons (Fsp3) is 1.00. The van der Waals surface area contributed by atoms with Gasteiger partial charge < -0.3 is 22.6 Å². The normalized spacial score (nSPS) is 54.7. The van der Waals surface area contributed by atoms with E-state index in [2.05, 4.69) is 0 Å². The summed E-state index contributed by atoms with van der Waals surface area (Å²) in [5.74, 6) is 0. The van der Waals surface area contributed by atoms with Crippen molar-refractivity contribution in [3.05, 3.63) is 0 Å². The zero-order valence-electron chi connectivity index (χ0n) is 6.46. The maximum atomic E-state index is 5.75. The first-order valence-corrected chi connectivity index (χ1v) is 7.03. The van der Waals surface area contributed by atoms with E-state index in [9.17, 15) is 0 Å². The molecule has 0 aromatic carbocycles. The number of rotatable bonds is 0. The van der Waals surface area contributed by atoms with Crippen LogP contribution in [0.2, 0.25) is 0 Å². The van der Waals surface area contributed by atoms with Crippen LogP contribution in [0.5, 0.6) is 0 Å².